The highest BCUT2D eigenvalue weighted by molar-refractivity contribution is 5.81. The van der Waals surface area contributed by atoms with Crippen molar-refractivity contribution in [2.24, 2.45) is 5.92 Å². The van der Waals surface area contributed by atoms with Gasteiger partial charge in [-0.2, -0.15) is 0 Å². The zero-order valence-corrected chi connectivity index (χ0v) is 14.3. The molecule has 4 rings (SSSR count). The van der Waals surface area contributed by atoms with Gasteiger partial charge < -0.3 is 9.88 Å². The van der Waals surface area contributed by atoms with Crippen LogP contribution in [0.15, 0.2) is 24.3 Å². The summed E-state index contributed by atoms with van der Waals surface area (Å²) in [6, 6.07) is 7.31. The molecule has 0 unspecified atom stereocenters. The van der Waals surface area contributed by atoms with Gasteiger partial charge in [0.2, 0.25) is 0 Å². The number of benzene rings is 1. The molecule has 0 bridgehead atoms. The van der Waals surface area contributed by atoms with E-state index in [9.17, 15) is 0 Å². The minimum atomic E-state index is 0.581. The van der Waals surface area contributed by atoms with Crippen LogP contribution >= 0.6 is 0 Å². The van der Waals surface area contributed by atoms with Gasteiger partial charge in [-0.25, -0.2) is 4.98 Å². The maximum atomic E-state index is 4.92. The molecule has 0 amide bonds. The van der Waals surface area contributed by atoms with Crippen molar-refractivity contribution in [2.45, 2.75) is 46.3 Å². The van der Waals surface area contributed by atoms with Crippen molar-refractivity contribution in [3.05, 3.63) is 35.7 Å². The molecular weight excluding hydrogens is 284 g/mol. The van der Waals surface area contributed by atoms with Gasteiger partial charge in [0.25, 0.3) is 0 Å². The molecule has 1 aromatic heterocycles. The van der Waals surface area contributed by atoms with Crippen molar-refractivity contribution in [1.29, 1.82) is 0 Å². The zero-order chi connectivity index (χ0) is 16.0. The van der Waals surface area contributed by atoms with Crippen LogP contribution in [0, 0.1) is 5.92 Å². The van der Waals surface area contributed by atoms with E-state index in [0.29, 0.717) is 6.04 Å². The second-order valence-electron chi connectivity index (χ2n) is 7.29. The van der Waals surface area contributed by atoms with Crippen molar-refractivity contribution in [1.82, 2.24) is 19.8 Å². The van der Waals surface area contributed by atoms with Crippen molar-refractivity contribution < 1.29 is 0 Å². The Balaban J connectivity index is 1.68. The van der Waals surface area contributed by atoms with E-state index in [1.165, 1.54) is 22.6 Å². The van der Waals surface area contributed by atoms with Gasteiger partial charge in [0.1, 0.15) is 5.82 Å². The summed E-state index contributed by atoms with van der Waals surface area (Å²) in [6.07, 6.45) is 3.48. The number of aromatic nitrogens is 2. The van der Waals surface area contributed by atoms with Crippen LogP contribution in [0.25, 0.3) is 16.7 Å². The number of imidazole rings is 1. The monoisotopic (exact) mass is 310 g/mol. The summed E-state index contributed by atoms with van der Waals surface area (Å²) < 4.78 is 2.39. The molecule has 1 N–H and O–H groups in total. The lowest BCUT2D eigenvalue weighted by Gasteiger charge is -2.30. The summed E-state index contributed by atoms with van der Waals surface area (Å²) in [5.41, 5.74) is 4.93. The Hall–Kier alpha value is -1.81. The molecule has 23 heavy (non-hydrogen) atoms. The minimum absolute atomic E-state index is 0.581. The van der Waals surface area contributed by atoms with Crippen molar-refractivity contribution in [3.63, 3.8) is 0 Å². The van der Waals surface area contributed by atoms with Gasteiger partial charge in [0.15, 0.2) is 0 Å². The molecule has 3 heterocycles. The van der Waals surface area contributed by atoms with E-state index in [0.717, 1.165) is 44.0 Å². The molecule has 2 aliphatic heterocycles. The Labute approximate surface area is 138 Å². The van der Waals surface area contributed by atoms with Crippen LogP contribution in [0.2, 0.25) is 0 Å². The third-order valence-electron chi connectivity index (χ3n) is 5.19. The van der Waals surface area contributed by atoms with Crippen LogP contribution in [0.3, 0.4) is 0 Å². The average molecular weight is 310 g/mol. The minimum Gasteiger partial charge on any atom is -0.385 e. The predicted molar refractivity (Wildman–Crippen MR) is 95.0 cm³/mol. The Morgan fingerprint density at radius 1 is 1.26 bits per heavy atom. The molecule has 0 aliphatic carbocycles. The standard InChI is InChI=1S/C19H26N4/c1-13(2)22-8-9-23-18-7-5-15(10-17(18)21-19(23)12-22)16-6-4-14(3)11-20-16/h5-7,10,13-14,20H,4,8-9,11-12H2,1-3H3/t14-/m0/s1. The van der Waals surface area contributed by atoms with E-state index in [1.807, 2.05) is 0 Å². The fourth-order valence-electron chi connectivity index (χ4n) is 3.63. The van der Waals surface area contributed by atoms with Gasteiger partial charge in [-0.05, 0) is 43.9 Å². The highest BCUT2D eigenvalue weighted by atomic mass is 15.3. The number of fused-ring (bicyclic) bond motifs is 3. The van der Waals surface area contributed by atoms with E-state index in [1.54, 1.807) is 0 Å². The summed E-state index contributed by atoms with van der Waals surface area (Å²) in [7, 11) is 0. The number of rotatable bonds is 2. The van der Waals surface area contributed by atoms with Gasteiger partial charge in [0.05, 0.1) is 17.6 Å². The van der Waals surface area contributed by atoms with Gasteiger partial charge in [-0.15, -0.1) is 0 Å². The highest BCUT2D eigenvalue weighted by Crippen LogP contribution is 2.26. The SMILES string of the molecule is CC(C)N1CCn2c(nc3cc(C4=CC[C@H](C)CN4)ccc32)C1. The van der Waals surface area contributed by atoms with E-state index in [4.69, 9.17) is 4.98 Å². The Morgan fingerprint density at radius 3 is 2.87 bits per heavy atom. The van der Waals surface area contributed by atoms with Gasteiger partial charge in [0, 0.05) is 31.4 Å². The van der Waals surface area contributed by atoms with Crippen LogP contribution in [0.5, 0.6) is 0 Å². The number of nitrogens with zero attached hydrogens (tertiary/aromatic N) is 3. The summed E-state index contributed by atoms with van der Waals surface area (Å²) in [6.45, 7) is 11.0. The Kier molecular flexibility index (Phi) is 3.64. The largest absolute Gasteiger partial charge is 0.385 e. The molecule has 2 aromatic rings. The first-order valence-electron chi connectivity index (χ1n) is 8.79. The second kappa shape index (κ2) is 5.68. The van der Waals surface area contributed by atoms with Gasteiger partial charge >= 0.3 is 0 Å². The van der Waals surface area contributed by atoms with Crippen LogP contribution < -0.4 is 5.32 Å². The molecule has 122 valence electrons. The van der Waals surface area contributed by atoms with E-state index < -0.39 is 0 Å². The van der Waals surface area contributed by atoms with E-state index >= 15 is 0 Å². The lowest BCUT2D eigenvalue weighted by molar-refractivity contribution is 0.175. The molecule has 0 radical (unpaired) electrons. The molecule has 2 aliphatic rings. The maximum absolute atomic E-state index is 4.92. The van der Waals surface area contributed by atoms with E-state index in [2.05, 4.69) is 59.8 Å². The zero-order valence-electron chi connectivity index (χ0n) is 14.3. The number of hydrogen-bond donors (Lipinski definition) is 1. The molecule has 1 aromatic carbocycles. The molecule has 4 nitrogen and oxygen atoms in total. The Bertz CT molecular complexity index is 756. The van der Waals surface area contributed by atoms with Crippen LogP contribution in [0.4, 0.5) is 0 Å². The number of hydrogen-bond acceptors (Lipinski definition) is 3. The van der Waals surface area contributed by atoms with Crippen molar-refractivity contribution in [3.8, 4) is 0 Å². The number of nitrogens with one attached hydrogen (secondary N) is 1. The molecule has 0 fully saturated rings. The van der Waals surface area contributed by atoms with Crippen molar-refractivity contribution >= 4 is 16.7 Å². The normalized spacial score (nSPS) is 22.1. The second-order valence-corrected chi connectivity index (χ2v) is 7.29. The molecule has 0 spiro atoms. The third-order valence-corrected chi connectivity index (χ3v) is 5.19. The molecule has 4 heteroatoms. The quantitative estimate of drug-likeness (QED) is 0.924. The third kappa shape index (κ3) is 2.65. The molecule has 1 atom stereocenters. The topological polar surface area (TPSA) is 33.1 Å². The van der Waals surface area contributed by atoms with Crippen LogP contribution in [0.1, 0.15) is 38.6 Å². The summed E-state index contributed by atoms with van der Waals surface area (Å²) in [5, 5.41) is 3.55. The molecular formula is C19H26N4. The molecule has 0 saturated carbocycles. The summed E-state index contributed by atoms with van der Waals surface area (Å²) in [5.74, 6) is 1.93. The fourth-order valence-corrected chi connectivity index (χ4v) is 3.63. The fraction of sp³-hybridized carbons (Fsp3) is 0.526. The van der Waals surface area contributed by atoms with Gasteiger partial charge in [-0.1, -0.05) is 19.1 Å². The summed E-state index contributed by atoms with van der Waals surface area (Å²) in [4.78, 5) is 7.42. The smallest absolute Gasteiger partial charge is 0.124 e. The predicted octanol–water partition coefficient (Wildman–Crippen LogP) is 3.23. The average Bonchev–Trinajstić information content (AvgIpc) is 2.92. The maximum Gasteiger partial charge on any atom is 0.124 e. The first-order valence-corrected chi connectivity index (χ1v) is 8.79. The van der Waals surface area contributed by atoms with Gasteiger partial charge in [-0.3, -0.25) is 4.90 Å². The lowest BCUT2D eigenvalue weighted by atomic mass is 10.00. The van der Waals surface area contributed by atoms with E-state index in [-0.39, 0.29) is 0 Å². The van der Waals surface area contributed by atoms with Crippen molar-refractivity contribution in [2.75, 3.05) is 13.1 Å². The first kappa shape index (κ1) is 14.8. The van der Waals surface area contributed by atoms with Crippen LogP contribution in [-0.2, 0) is 13.1 Å². The van der Waals surface area contributed by atoms with Crippen LogP contribution in [-0.4, -0.2) is 33.6 Å². The first-order chi connectivity index (χ1) is 11.1. The lowest BCUT2D eigenvalue weighted by Crippen LogP contribution is -2.38. The highest BCUT2D eigenvalue weighted by Gasteiger charge is 2.22. The number of allylic oxidation sites excluding steroid dienone is 1. The summed E-state index contributed by atoms with van der Waals surface area (Å²) >= 11 is 0. The Morgan fingerprint density at radius 2 is 2.13 bits per heavy atom. The molecule has 0 saturated heterocycles.